The second-order valence-corrected chi connectivity index (χ2v) is 4.56. The molecule has 0 amide bonds. The number of nitrogens with one attached hydrogen (secondary N) is 1. The lowest BCUT2D eigenvalue weighted by molar-refractivity contribution is -0.137. The Morgan fingerprint density at radius 2 is 2.11 bits per heavy atom. The molecule has 0 saturated heterocycles. The Morgan fingerprint density at radius 3 is 2.74 bits per heavy atom. The molecular formula is C13H13F3N2S. The van der Waals surface area contributed by atoms with E-state index in [0.29, 0.717) is 22.3 Å². The first-order valence-electron chi connectivity index (χ1n) is 5.84. The van der Waals surface area contributed by atoms with E-state index in [1.165, 1.54) is 6.07 Å². The van der Waals surface area contributed by atoms with Crippen molar-refractivity contribution in [1.82, 2.24) is 9.55 Å². The first kappa shape index (κ1) is 13.9. The van der Waals surface area contributed by atoms with Gasteiger partial charge in [0.15, 0.2) is 4.77 Å². The smallest absolute Gasteiger partial charge is 0.331 e. The minimum Gasteiger partial charge on any atom is -0.331 e. The van der Waals surface area contributed by atoms with Gasteiger partial charge in [0.05, 0.1) is 16.6 Å². The third kappa shape index (κ3) is 2.89. The summed E-state index contributed by atoms with van der Waals surface area (Å²) in [5.74, 6) is 0. The van der Waals surface area contributed by atoms with Crippen LogP contribution in [0, 0.1) is 4.77 Å². The van der Waals surface area contributed by atoms with Gasteiger partial charge in [-0.2, -0.15) is 13.2 Å². The van der Waals surface area contributed by atoms with Crippen LogP contribution in [0.5, 0.6) is 0 Å². The fourth-order valence-corrected chi connectivity index (χ4v) is 2.23. The lowest BCUT2D eigenvalue weighted by Gasteiger charge is -2.07. The van der Waals surface area contributed by atoms with Gasteiger partial charge in [-0.05, 0) is 43.8 Å². The van der Waals surface area contributed by atoms with Gasteiger partial charge in [0.2, 0.25) is 0 Å². The molecule has 0 fully saturated rings. The number of aryl methyl sites for hydroxylation is 1. The van der Waals surface area contributed by atoms with Gasteiger partial charge in [-0.1, -0.05) is 12.2 Å². The van der Waals surface area contributed by atoms with Crippen LogP contribution >= 0.6 is 12.2 Å². The highest BCUT2D eigenvalue weighted by Crippen LogP contribution is 2.31. The molecule has 1 aromatic heterocycles. The molecule has 19 heavy (non-hydrogen) atoms. The Hall–Kier alpha value is -1.56. The average Bonchev–Trinajstić information content (AvgIpc) is 2.64. The minimum atomic E-state index is -4.34. The Labute approximate surface area is 113 Å². The Bertz CT molecular complexity index is 665. The molecule has 6 heteroatoms. The topological polar surface area (TPSA) is 20.7 Å². The zero-order chi connectivity index (χ0) is 14.0. The number of aromatic nitrogens is 2. The number of nitrogens with zero attached hydrogens (tertiary/aromatic N) is 1. The third-order valence-electron chi connectivity index (χ3n) is 2.86. The van der Waals surface area contributed by atoms with Crippen molar-refractivity contribution in [1.29, 1.82) is 0 Å². The lowest BCUT2D eigenvalue weighted by Crippen LogP contribution is -2.04. The van der Waals surface area contributed by atoms with E-state index >= 15 is 0 Å². The number of alkyl halides is 3. The summed E-state index contributed by atoms with van der Waals surface area (Å²) in [6, 6.07) is 3.63. The highest BCUT2D eigenvalue weighted by Gasteiger charge is 2.30. The number of hydrogen-bond acceptors (Lipinski definition) is 1. The molecule has 0 aliphatic heterocycles. The van der Waals surface area contributed by atoms with Gasteiger partial charge in [0.1, 0.15) is 0 Å². The first-order chi connectivity index (χ1) is 8.93. The SMILES string of the molecule is C/C=C/CCn1c(=S)[nH]c2cc(C(F)(F)F)ccc21. The summed E-state index contributed by atoms with van der Waals surface area (Å²) in [4.78, 5) is 2.82. The normalized spacial score (nSPS) is 12.6. The first-order valence-corrected chi connectivity index (χ1v) is 6.25. The van der Waals surface area contributed by atoms with Gasteiger partial charge >= 0.3 is 6.18 Å². The maximum Gasteiger partial charge on any atom is 0.416 e. The number of allylic oxidation sites excluding steroid dienone is 2. The molecule has 1 heterocycles. The van der Waals surface area contributed by atoms with Crippen molar-refractivity contribution in [2.45, 2.75) is 26.1 Å². The maximum absolute atomic E-state index is 12.6. The standard InChI is InChI=1S/C13H13F3N2S/c1-2-3-4-7-18-11-6-5-9(13(14,15)16)8-10(11)17-12(18)19/h2-3,5-6,8H,4,7H2,1H3,(H,17,19)/b3-2+. The molecule has 0 saturated carbocycles. The zero-order valence-electron chi connectivity index (χ0n) is 10.3. The van der Waals surface area contributed by atoms with Crippen molar-refractivity contribution in [3.8, 4) is 0 Å². The number of aromatic amines is 1. The average molecular weight is 286 g/mol. The predicted molar refractivity (Wildman–Crippen MR) is 71.6 cm³/mol. The van der Waals surface area contributed by atoms with E-state index in [1.54, 1.807) is 0 Å². The molecule has 0 aliphatic rings. The molecule has 1 aromatic carbocycles. The lowest BCUT2D eigenvalue weighted by atomic mass is 10.2. The molecule has 2 nitrogen and oxygen atoms in total. The van der Waals surface area contributed by atoms with Gasteiger partial charge in [-0.25, -0.2) is 0 Å². The molecule has 2 aromatic rings. The maximum atomic E-state index is 12.6. The van der Waals surface area contributed by atoms with E-state index in [0.717, 1.165) is 18.6 Å². The van der Waals surface area contributed by atoms with Crippen LogP contribution < -0.4 is 0 Å². The molecule has 1 N–H and O–H groups in total. The summed E-state index contributed by atoms with van der Waals surface area (Å²) < 4.78 is 40.1. The van der Waals surface area contributed by atoms with Crippen LogP contribution in [0.15, 0.2) is 30.4 Å². The van der Waals surface area contributed by atoms with Crippen LogP contribution in [-0.2, 0) is 12.7 Å². The molecule has 102 valence electrons. The van der Waals surface area contributed by atoms with Gasteiger partial charge in [-0.3, -0.25) is 0 Å². The molecule has 0 unspecified atom stereocenters. The highest BCUT2D eigenvalue weighted by molar-refractivity contribution is 7.71. The Morgan fingerprint density at radius 1 is 1.37 bits per heavy atom. The Balaban J connectivity index is 2.45. The second-order valence-electron chi connectivity index (χ2n) is 4.17. The fraction of sp³-hybridized carbons (Fsp3) is 0.308. The van der Waals surface area contributed by atoms with Crippen LogP contribution in [0.4, 0.5) is 13.2 Å². The highest BCUT2D eigenvalue weighted by atomic mass is 32.1. The third-order valence-corrected chi connectivity index (χ3v) is 3.18. The van der Waals surface area contributed by atoms with E-state index in [1.807, 2.05) is 23.6 Å². The molecule has 0 radical (unpaired) electrons. The molecule has 0 bridgehead atoms. The fourth-order valence-electron chi connectivity index (χ4n) is 1.93. The second kappa shape index (κ2) is 5.21. The summed E-state index contributed by atoms with van der Waals surface area (Å²) in [6.07, 6.45) is 0.375. The number of halogens is 3. The van der Waals surface area contributed by atoms with Gasteiger partial charge in [0, 0.05) is 6.54 Å². The number of benzene rings is 1. The summed E-state index contributed by atoms with van der Waals surface area (Å²) >= 11 is 5.14. The van der Waals surface area contributed by atoms with Gasteiger partial charge in [0.25, 0.3) is 0 Å². The summed E-state index contributed by atoms with van der Waals surface area (Å²) in [5.41, 5.74) is 0.444. The summed E-state index contributed by atoms with van der Waals surface area (Å²) in [5, 5.41) is 0. The summed E-state index contributed by atoms with van der Waals surface area (Å²) in [7, 11) is 0. The van der Waals surface area contributed by atoms with Crippen LogP contribution in [0.3, 0.4) is 0 Å². The summed E-state index contributed by atoms with van der Waals surface area (Å²) in [6.45, 7) is 2.57. The number of hydrogen-bond donors (Lipinski definition) is 1. The van der Waals surface area contributed by atoms with E-state index in [4.69, 9.17) is 12.2 Å². The van der Waals surface area contributed by atoms with Crippen molar-refractivity contribution in [2.75, 3.05) is 0 Å². The van der Waals surface area contributed by atoms with Crippen molar-refractivity contribution in [3.63, 3.8) is 0 Å². The monoisotopic (exact) mass is 286 g/mol. The van der Waals surface area contributed by atoms with E-state index in [2.05, 4.69) is 4.98 Å². The molecule has 0 atom stereocenters. The quantitative estimate of drug-likeness (QED) is 0.641. The Kier molecular flexibility index (Phi) is 3.80. The number of H-pyrrole nitrogens is 1. The van der Waals surface area contributed by atoms with E-state index in [-0.39, 0.29) is 0 Å². The number of imidazole rings is 1. The minimum absolute atomic E-state index is 0.417. The number of fused-ring (bicyclic) bond motifs is 1. The van der Waals surface area contributed by atoms with Crippen molar-refractivity contribution >= 4 is 23.3 Å². The van der Waals surface area contributed by atoms with Crippen LogP contribution in [-0.4, -0.2) is 9.55 Å². The molecular weight excluding hydrogens is 273 g/mol. The van der Waals surface area contributed by atoms with Crippen LogP contribution in [0.2, 0.25) is 0 Å². The van der Waals surface area contributed by atoms with Gasteiger partial charge in [-0.15, -0.1) is 0 Å². The van der Waals surface area contributed by atoms with Gasteiger partial charge < -0.3 is 9.55 Å². The molecule has 2 rings (SSSR count). The van der Waals surface area contributed by atoms with Crippen molar-refractivity contribution < 1.29 is 13.2 Å². The molecule has 0 spiro atoms. The van der Waals surface area contributed by atoms with Crippen molar-refractivity contribution in [2.24, 2.45) is 0 Å². The van der Waals surface area contributed by atoms with E-state index < -0.39 is 11.7 Å². The number of rotatable bonds is 3. The van der Waals surface area contributed by atoms with Crippen LogP contribution in [0.25, 0.3) is 11.0 Å². The molecule has 0 aliphatic carbocycles. The predicted octanol–water partition coefficient (Wildman–Crippen LogP) is 4.68. The van der Waals surface area contributed by atoms with Crippen LogP contribution in [0.1, 0.15) is 18.9 Å². The zero-order valence-corrected chi connectivity index (χ0v) is 11.1. The largest absolute Gasteiger partial charge is 0.416 e. The van der Waals surface area contributed by atoms with E-state index in [9.17, 15) is 13.2 Å². The van der Waals surface area contributed by atoms with Crippen molar-refractivity contribution in [3.05, 3.63) is 40.7 Å².